The molecule has 0 spiro atoms. The number of hydrogen-bond acceptors (Lipinski definition) is 4. The number of nitrogens with one attached hydrogen (secondary N) is 1. The van der Waals surface area contributed by atoms with E-state index >= 15 is 0 Å². The van der Waals surface area contributed by atoms with Crippen LogP contribution in [0.5, 0.6) is 5.75 Å². The first-order valence-electron chi connectivity index (χ1n) is 9.32. The van der Waals surface area contributed by atoms with Gasteiger partial charge in [-0.15, -0.1) is 0 Å². The quantitative estimate of drug-likeness (QED) is 0.556. The maximum Gasteiger partial charge on any atom is 0.387 e. The molecular formula is C20H18F4N4O2. The SMILES string of the molecule is Cc1nn(CC(=O)Nc2ccc(OC(F)F)cc2)c2nc(C3CC3)cc(C(F)F)c12. The topological polar surface area (TPSA) is 69.0 Å². The molecule has 1 saturated carbocycles. The molecule has 1 aliphatic rings. The van der Waals surface area contributed by atoms with Gasteiger partial charge in [0.2, 0.25) is 5.91 Å². The molecule has 0 saturated heterocycles. The number of carbonyl (C=O) groups is 1. The molecule has 158 valence electrons. The molecular weight excluding hydrogens is 404 g/mol. The molecule has 30 heavy (non-hydrogen) atoms. The summed E-state index contributed by atoms with van der Waals surface area (Å²) < 4.78 is 57.2. The molecule has 4 rings (SSSR count). The average molecular weight is 422 g/mol. The summed E-state index contributed by atoms with van der Waals surface area (Å²) in [4.78, 5) is 16.9. The lowest BCUT2D eigenvalue weighted by atomic mass is 10.1. The number of benzene rings is 1. The normalized spacial score (nSPS) is 14.0. The first-order chi connectivity index (χ1) is 14.3. The van der Waals surface area contributed by atoms with Crippen LogP contribution in [0, 0.1) is 6.92 Å². The van der Waals surface area contributed by atoms with Gasteiger partial charge in [0.15, 0.2) is 5.65 Å². The monoisotopic (exact) mass is 422 g/mol. The number of rotatable bonds is 7. The number of nitrogens with zero attached hydrogens (tertiary/aromatic N) is 3. The Labute approximate surface area is 168 Å². The van der Waals surface area contributed by atoms with Crippen molar-refractivity contribution in [2.24, 2.45) is 0 Å². The fourth-order valence-corrected chi connectivity index (χ4v) is 3.33. The molecule has 1 amide bonds. The van der Waals surface area contributed by atoms with Crippen molar-refractivity contribution >= 4 is 22.6 Å². The molecule has 0 unspecified atom stereocenters. The zero-order valence-electron chi connectivity index (χ0n) is 15.9. The third-order valence-electron chi connectivity index (χ3n) is 4.82. The molecule has 0 radical (unpaired) electrons. The third kappa shape index (κ3) is 4.22. The molecule has 10 heteroatoms. The van der Waals surface area contributed by atoms with Gasteiger partial charge in [-0.25, -0.2) is 18.4 Å². The summed E-state index contributed by atoms with van der Waals surface area (Å²) in [6.07, 6.45) is -0.868. The fourth-order valence-electron chi connectivity index (χ4n) is 3.33. The van der Waals surface area contributed by atoms with Gasteiger partial charge in [-0.2, -0.15) is 13.9 Å². The maximum absolute atomic E-state index is 13.6. The van der Waals surface area contributed by atoms with Crippen molar-refractivity contribution in [2.75, 3.05) is 5.32 Å². The highest BCUT2D eigenvalue weighted by Crippen LogP contribution is 2.41. The summed E-state index contributed by atoms with van der Waals surface area (Å²) in [7, 11) is 0. The van der Waals surface area contributed by atoms with Gasteiger partial charge in [-0.05, 0) is 50.1 Å². The van der Waals surface area contributed by atoms with Crippen molar-refractivity contribution in [3.8, 4) is 5.75 Å². The van der Waals surface area contributed by atoms with E-state index in [1.54, 1.807) is 6.92 Å². The van der Waals surface area contributed by atoms with Crippen LogP contribution in [-0.2, 0) is 11.3 Å². The predicted octanol–water partition coefficient (Wildman–Crippen LogP) is 4.79. The molecule has 2 aromatic heterocycles. The van der Waals surface area contributed by atoms with Crippen LogP contribution in [0.1, 0.15) is 42.1 Å². The summed E-state index contributed by atoms with van der Waals surface area (Å²) >= 11 is 0. The Hall–Kier alpha value is -3.17. The highest BCUT2D eigenvalue weighted by Gasteiger charge is 2.29. The van der Waals surface area contributed by atoms with Gasteiger partial charge in [-0.1, -0.05) is 0 Å². The molecule has 1 fully saturated rings. The lowest BCUT2D eigenvalue weighted by Crippen LogP contribution is -2.20. The first-order valence-corrected chi connectivity index (χ1v) is 9.32. The van der Waals surface area contributed by atoms with Crippen molar-refractivity contribution in [2.45, 2.75) is 45.3 Å². The summed E-state index contributed by atoms with van der Waals surface area (Å²) in [6, 6.07) is 6.87. The second-order valence-electron chi connectivity index (χ2n) is 7.10. The summed E-state index contributed by atoms with van der Waals surface area (Å²) in [5.41, 5.74) is 1.46. The molecule has 1 aliphatic carbocycles. The Balaban J connectivity index is 1.56. The summed E-state index contributed by atoms with van der Waals surface area (Å²) in [5, 5.41) is 7.11. The minimum atomic E-state index is -2.94. The number of alkyl halides is 4. The van der Waals surface area contributed by atoms with Gasteiger partial charge in [-0.3, -0.25) is 4.79 Å². The maximum atomic E-state index is 13.6. The van der Waals surface area contributed by atoms with Crippen LogP contribution >= 0.6 is 0 Å². The molecule has 3 aromatic rings. The lowest BCUT2D eigenvalue weighted by molar-refractivity contribution is -0.116. The van der Waals surface area contributed by atoms with E-state index in [0.29, 0.717) is 17.1 Å². The number of anilines is 1. The zero-order chi connectivity index (χ0) is 21.4. The van der Waals surface area contributed by atoms with E-state index in [1.165, 1.54) is 35.0 Å². The molecule has 1 aromatic carbocycles. The van der Waals surface area contributed by atoms with E-state index in [2.05, 4.69) is 20.1 Å². The number of carbonyl (C=O) groups excluding carboxylic acids is 1. The Bertz CT molecular complexity index is 1080. The average Bonchev–Trinajstić information content (AvgIpc) is 3.48. The second-order valence-corrected chi connectivity index (χ2v) is 7.10. The molecule has 6 nitrogen and oxygen atoms in total. The van der Waals surface area contributed by atoms with E-state index in [0.717, 1.165) is 12.8 Å². The Kier molecular flexibility index (Phi) is 5.31. The highest BCUT2D eigenvalue weighted by atomic mass is 19.3. The van der Waals surface area contributed by atoms with E-state index in [9.17, 15) is 22.4 Å². The van der Waals surface area contributed by atoms with E-state index in [-0.39, 0.29) is 34.8 Å². The number of fused-ring (bicyclic) bond motifs is 1. The van der Waals surface area contributed by atoms with Gasteiger partial charge in [0.05, 0.1) is 11.1 Å². The predicted molar refractivity (Wildman–Crippen MR) is 101 cm³/mol. The van der Waals surface area contributed by atoms with Crippen LogP contribution in [-0.4, -0.2) is 27.3 Å². The van der Waals surface area contributed by atoms with Crippen LogP contribution in [0.3, 0.4) is 0 Å². The number of pyridine rings is 1. The van der Waals surface area contributed by atoms with Crippen LogP contribution in [0.2, 0.25) is 0 Å². The van der Waals surface area contributed by atoms with Gasteiger partial charge in [0, 0.05) is 22.9 Å². The third-order valence-corrected chi connectivity index (χ3v) is 4.82. The van der Waals surface area contributed by atoms with Crippen LogP contribution < -0.4 is 10.1 Å². The van der Waals surface area contributed by atoms with E-state index in [4.69, 9.17) is 0 Å². The minimum Gasteiger partial charge on any atom is -0.435 e. The van der Waals surface area contributed by atoms with Crippen molar-refractivity contribution in [1.82, 2.24) is 14.8 Å². The number of hydrogen-bond donors (Lipinski definition) is 1. The van der Waals surface area contributed by atoms with Crippen LogP contribution in [0.4, 0.5) is 23.2 Å². The van der Waals surface area contributed by atoms with E-state index < -0.39 is 18.9 Å². The van der Waals surface area contributed by atoms with Crippen LogP contribution in [0.15, 0.2) is 30.3 Å². The van der Waals surface area contributed by atoms with Crippen molar-refractivity contribution < 1.29 is 27.1 Å². The summed E-state index contributed by atoms with van der Waals surface area (Å²) in [6.45, 7) is -1.57. The standard InChI is InChI=1S/C20H18F4N4O2/c1-10-17-14(18(21)22)8-15(11-2-3-11)26-19(17)28(27-10)9-16(29)25-12-4-6-13(7-5-12)30-20(23)24/h4-8,11,18,20H,2-3,9H2,1H3,(H,25,29). The number of aromatic nitrogens is 3. The van der Waals surface area contributed by atoms with Gasteiger partial charge in [0.1, 0.15) is 12.3 Å². The number of halogens is 4. The Morgan fingerprint density at radius 1 is 1.23 bits per heavy atom. The lowest BCUT2D eigenvalue weighted by Gasteiger charge is -2.09. The number of amides is 1. The molecule has 0 aliphatic heterocycles. The van der Waals surface area contributed by atoms with Gasteiger partial charge in [0.25, 0.3) is 6.43 Å². The number of aryl methyl sites for hydroxylation is 1. The molecule has 0 bridgehead atoms. The van der Waals surface area contributed by atoms with Gasteiger partial charge < -0.3 is 10.1 Å². The molecule has 1 N–H and O–H groups in total. The van der Waals surface area contributed by atoms with Crippen LogP contribution in [0.25, 0.3) is 11.0 Å². The van der Waals surface area contributed by atoms with Crippen molar-refractivity contribution in [3.05, 3.63) is 47.3 Å². The minimum absolute atomic E-state index is 0.0342. The Morgan fingerprint density at radius 3 is 2.53 bits per heavy atom. The number of ether oxygens (including phenoxy) is 1. The van der Waals surface area contributed by atoms with Gasteiger partial charge >= 0.3 is 6.61 Å². The zero-order valence-corrected chi connectivity index (χ0v) is 15.9. The van der Waals surface area contributed by atoms with Crippen molar-refractivity contribution in [1.29, 1.82) is 0 Å². The molecule has 2 heterocycles. The molecule has 0 atom stereocenters. The summed E-state index contributed by atoms with van der Waals surface area (Å²) in [5.74, 6) is -0.328. The fraction of sp³-hybridized carbons (Fsp3) is 0.350. The highest BCUT2D eigenvalue weighted by molar-refractivity contribution is 5.92. The van der Waals surface area contributed by atoms with E-state index in [1.807, 2.05) is 0 Å². The van der Waals surface area contributed by atoms with Crippen molar-refractivity contribution in [3.63, 3.8) is 0 Å². The second kappa shape index (κ2) is 7.92. The smallest absolute Gasteiger partial charge is 0.387 e. The Morgan fingerprint density at radius 2 is 1.93 bits per heavy atom. The largest absolute Gasteiger partial charge is 0.435 e. The first kappa shape index (κ1) is 20.1.